The predicted molar refractivity (Wildman–Crippen MR) is 85.7 cm³/mol. The fourth-order valence-corrected chi connectivity index (χ4v) is 3.78. The minimum atomic E-state index is -0.0931. The molecule has 5 nitrogen and oxygen atoms in total. The van der Waals surface area contributed by atoms with Crippen molar-refractivity contribution in [3.05, 3.63) is 30.3 Å². The molecule has 1 aromatic carbocycles. The molecular formula is C16H20N2O3S. The quantitative estimate of drug-likeness (QED) is 0.896. The average Bonchev–Trinajstić information content (AvgIpc) is 3.10. The van der Waals surface area contributed by atoms with E-state index >= 15 is 0 Å². The van der Waals surface area contributed by atoms with Crippen LogP contribution in [0.4, 0.5) is 0 Å². The van der Waals surface area contributed by atoms with E-state index in [0.717, 1.165) is 25.0 Å². The van der Waals surface area contributed by atoms with Crippen LogP contribution in [0.25, 0.3) is 0 Å². The van der Waals surface area contributed by atoms with Crippen molar-refractivity contribution in [1.82, 2.24) is 10.2 Å². The maximum atomic E-state index is 12.1. The van der Waals surface area contributed by atoms with Crippen molar-refractivity contribution in [2.75, 3.05) is 18.2 Å². The van der Waals surface area contributed by atoms with Crippen molar-refractivity contribution in [2.24, 2.45) is 0 Å². The Labute approximate surface area is 134 Å². The van der Waals surface area contributed by atoms with Gasteiger partial charge in [-0.05, 0) is 31.4 Å². The maximum Gasteiger partial charge on any atom is 0.240 e. The number of carbonyl (C=O) groups is 2. The molecular weight excluding hydrogens is 300 g/mol. The van der Waals surface area contributed by atoms with Gasteiger partial charge in [0.2, 0.25) is 11.8 Å². The minimum absolute atomic E-state index is 0.00926. The van der Waals surface area contributed by atoms with Crippen LogP contribution in [0.15, 0.2) is 30.3 Å². The van der Waals surface area contributed by atoms with Crippen LogP contribution in [0.5, 0.6) is 5.75 Å². The van der Waals surface area contributed by atoms with Crippen molar-refractivity contribution in [3.63, 3.8) is 0 Å². The van der Waals surface area contributed by atoms with Gasteiger partial charge in [0.25, 0.3) is 0 Å². The Bertz CT molecular complexity index is 537. The van der Waals surface area contributed by atoms with E-state index in [1.54, 1.807) is 16.7 Å². The first-order chi connectivity index (χ1) is 10.7. The molecule has 22 heavy (non-hydrogen) atoms. The number of nitrogens with one attached hydrogen (secondary N) is 1. The molecule has 0 aromatic heterocycles. The molecule has 1 aliphatic carbocycles. The third kappa shape index (κ3) is 3.74. The number of thioether (sulfide) groups is 1. The van der Waals surface area contributed by atoms with Gasteiger partial charge in [0.1, 0.15) is 18.4 Å². The summed E-state index contributed by atoms with van der Waals surface area (Å²) >= 11 is 1.55. The number of hydrogen-bond donors (Lipinski definition) is 1. The lowest BCUT2D eigenvalue weighted by molar-refractivity contribution is -0.132. The zero-order valence-corrected chi connectivity index (χ0v) is 13.2. The summed E-state index contributed by atoms with van der Waals surface area (Å²) in [6, 6.07) is 9.71. The summed E-state index contributed by atoms with van der Waals surface area (Å²) in [6.07, 6.45) is 2.92. The van der Waals surface area contributed by atoms with Gasteiger partial charge in [-0.2, -0.15) is 0 Å². The fraction of sp³-hybridized carbons (Fsp3) is 0.500. The highest BCUT2D eigenvalue weighted by molar-refractivity contribution is 8.00. The number of carbonyl (C=O) groups excluding carboxylic acids is 2. The topological polar surface area (TPSA) is 58.6 Å². The monoisotopic (exact) mass is 320 g/mol. The van der Waals surface area contributed by atoms with Gasteiger partial charge in [-0.1, -0.05) is 18.2 Å². The number of ether oxygens (including phenoxy) is 1. The molecule has 0 radical (unpaired) electrons. The lowest BCUT2D eigenvalue weighted by atomic mass is 10.2. The van der Waals surface area contributed by atoms with E-state index in [-0.39, 0.29) is 30.5 Å². The second-order valence-electron chi connectivity index (χ2n) is 5.64. The minimum Gasteiger partial charge on any atom is -0.488 e. The van der Waals surface area contributed by atoms with Crippen LogP contribution in [0, 0.1) is 0 Å². The lowest BCUT2D eigenvalue weighted by Crippen LogP contribution is -2.46. The summed E-state index contributed by atoms with van der Waals surface area (Å²) in [7, 11) is 0. The van der Waals surface area contributed by atoms with Gasteiger partial charge in [-0.3, -0.25) is 9.59 Å². The van der Waals surface area contributed by atoms with Crippen molar-refractivity contribution in [2.45, 2.75) is 31.4 Å². The Morgan fingerprint density at radius 3 is 2.86 bits per heavy atom. The van der Waals surface area contributed by atoms with E-state index in [0.29, 0.717) is 11.6 Å². The Morgan fingerprint density at radius 1 is 1.32 bits per heavy atom. The summed E-state index contributed by atoms with van der Waals surface area (Å²) < 4.78 is 5.98. The van der Waals surface area contributed by atoms with Crippen molar-refractivity contribution in [3.8, 4) is 5.75 Å². The molecule has 1 aromatic rings. The van der Waals surface area contributed by atoms with E-state index in [1.165, 1.54) is 0 Å². The molecule has 2 fully saturated rings. The van der Waals surface area contributed by atoms with E-state index in [4.69, 9.17) is 4.74 Å². The van der Waals surface area contributed by atoms with Gasteiger partial charge in [0, 0.05) is 0 Å². The standard InChI is InChI=1S/C16H20N2O3S/c19-15(9-18-11-22-10-16(18)20)17-13-7-4-8-14(13)21-12-5-2-1-3-6-12/h1-3,5-6,13-14H,4,7-11H2,(H,17,19)/t13-,14+/m0/s1. The zero-order chi connectivity index (χ0) is 15.4. The highest BCUT2D eigenvalue weighted by Crippen LogP contribution is 2.24. The maximum absolute atomic E-state index is 12.1. The van der Waals surface area contributed by atoms with Crippen LogP contribution in [-0.4, -0.2) is 47.0 Å². The molecule has 1 N–H and O–H groups in total. The first-order valence-electron chi connectivity index (χ1n) is 7.59. The molecule has 1 saturated heterocycles. The van der Waals surface area contributed by atoms with Crippen molar-refractivity contribution < 1.29 is 14.3 Å². The number of benzene rings is 1. The van der Waals surface area contributed by atoms with Gasteiger partial charge >= 0.3 is 0 Å². The third-order valence-electron chi connectivity index (χ3n) is 3.99. The van der Waals surface area contributed by atoms with Crippen LogP contribution in [0.2, 0.25) is 0 Å². The second kappa shape index (κ2) is 7.05. The molecule has 6 heteroatoms. The van der Waals surface area contributed by atoms with Gasteiger partial charge in [0.15, 0.2) is 0 Å². The molecule has 0 spiro atoms. The molecule has 0 bridgehead atoms. The molecule has 2 amide bonds. The van der Waals surface area contributed by atoms with E-state index in [2.05, 4.69) is 5.32 Å². The molecule has 2 aliphatic rings. The highest BCUT2D eigenvalue weighted by atomic mass is 32.2. The van der Waals surface area contributed by atoms with E-state index in [1.807, 2.05) is 30.3 Å². The number of para-hydroxylation sites is 1. The average molecular weight is 320 g/mol. The van der Waals surface area contributed by atoms with E-state index < -0.39 is 0 Å². The van der Waals surface area contributed by atoms with E-state index in [9.17, 15) is 9.59 Å². The van der Waals surface area contributed by atoms with Crippen LogP contribution < -0.4 is 10.1 Å². The van der Waals surface area contributed by atoms with Gasteiger partial charge in [-0.15, -0.1) is 11.8 Å². The zero-order valence-electron chi connectivity index (χ0n) is 12.4. The van der Waals surface area contributed by atoms with Crippen LogP contribution in [0.3, 0.4) is 0 Å². The molecule has 1 heterocycles. The summed E-state index contributed by atoms with van der Waals surface area (Å²) in [4.78, 5) is 25.3. The first-order valence-corrected chi connectivity index (χ1v) is 8.74. The van der Waals surface area contributed by atoms with Crippen molar-refractivity contribution >= 4 is 23.6 Å². The summed E-state index contributed by atoms with van der Waals surface area (Å²) in [5, 5.41) is 3.03. The number of hydrogen-bond acceptors (Lipinski definition) is 4. The van der Waals surface area contributed by atoms with Crippen LogP contribution >= 0.6 is 11.8 Å². The normalized spacial score (nSPS) is 24.5. The molecule has 3 rings (SSSR count). The first kappa shape index (κ1) is 15.2. The smallest absolute Gasteiger partial charge is 0.240 e. The molecule has 118 valence electrons. The lowest BCUT2D eigenvalue weighted by Gasteiger charge is -2.23. The Kier molecular flexibility index (Phi) is 4.87. The number of nitrogens with zero attached hydrogens (tertiary/aromatic N) is 1. The SMILES string of the molecule is O=C(CN1CSCC1=O)N[C@H]1CCC[C@H]1Oc1ccccc1. The Balaban J connectivity index is 1.52. The molecule has 0 unspecified atom stereocenters. The third-order valence-corrected chi connectivity index (χ3v) is 4.93. The van der Waals surface area contributed by atoms with Crippen LogP contribution in [0.1, 0.15) is 19.3 Å². The molecule has 2 atom stereocenters. The molecule has 1 saturated carbocycles. The highest BCUT2D eigenvalue weighted by Gasteiger charge is 2.31. The second-order valence-corrected chi connectivity index (χ2v) is 6.60. The Hall–Kier alpha value is -1.69. The Morgan fingerprint density at radius 2 is 2.14 bits per heavy atom. The van der Waals surface area contributed by atoms with Gasteiger partial charge in [-0.25, -0.2) is 0 Å². The largest absolute Gasteiger partial charge is 0.488 e. The number of rotatable bonds is 5. The predicted octanol–water partition coefficient (Wildman–Crippen LogP) is 1.64. The molecule has 1 aliphatic heterocycles. The summed E-state index contributed by atoms with van der Waals surface area (Å²) in [6.45, 7) is 0.153. The fourth-order valence-electron chi connectivity index (χ4n) is 2.87. The van der Waals surface area contributed by atoms with Crippen molar-refractivity contribution in [1.29, 1.82) is 0 Å². The van der Waals surface area contributed by atoms with Crippen LogP contribution in [-0.2, 0) is 9.59 Å². The number of amides is 2. The van der Waals surface area contributed by atoms with Gasteiger partial charge < -0.3 is 15.0 Å². The summed E-state index contributed by atoms with van der Waals surface area (Å²) in [5.41, 5.74) is 0. The van der Waals surface area contributed by atoms with Gasteiger partial charge in [0.05, 0.1) is 17.7 Å². The summed E-state index contributed by atoms with van der Waals surface area (Å²) in [5.74, 6) is 1.88.